The smallest absolute Gasteiger partial charge is 0.305 e. The van der Waals surface area contributed by atoms with Crippen LogP contribution >= 0.6 is 0 Å². The van der Waals surface area contributed by atoms with Gasteiger partial charge in [-0.15, -0.1) is 0 Å². The second-order valence-corrected chi connectivity index (χ2v) is 9.23. The zero-order valence-electron chi connectivity index (χ0n) is 21.0. The Hall–Kier alpha value is -3.76. The van der Waals surface area contributed by atoms with Gasteiger partial charge in [-0.05, 0) is 42.7 Å². The highest BCUT2D eigenvalue weighted by molar-refractivity contribution is 5.94. The van der Waals surface area contributed by atoms with Crippen molar-refractivity contribution in [2.75, 3.05) is 6.61 Å². The van der Waals surface area contributed by atoms with Crippen LogP contribution in [0.3, 0.4) is 0 Å². The van der Waals surface area contributed by atoms with Crippen LogP contribution in [0.4, 0.5) is 4.39 Å². The van der Waals surface area contributed by atoms with Crippen LogP contribution in [0, 0.1) is 12.7 Å². The van der Waals surface area contributed by atoms with Gasteiger partial charge in [0.2, 0.25) is 5.88 Å². The monoisotopic (exact) mass is 513 g/mol. The number of carboxylic acid groups (broad SMARTS) is 1. The molecule has 10 heteroatoms. The fraction of sp³-hybridized carbons (Fsp3) is 0.370. The molecule has 0 fully saturated rings. The maximum Gasteiger partial charge on any atom is 0.305 e. The van der Waals surface area contributed by atoms with Crippen LogP contribution < -0.4 is 10.1 Å². The summed E-state index contributed by atoms with van der Waals surface area (Å²) in [4.78, 5) is 24.0. The molecule has 198 valence electrons. The van der Waals surface area contributed by atoms with E-state index in [4.69, 9.17) is 9.84 Å². The van der Waals surface area contributed by atoms with Crippen LogP contribution in [-0.4, -0.2) is 55.8 Å². The average Bonchev–Trinajstić information content (AvgIpc) is 3.22. The molecule has 4 N–H and O–H groups in total. The standard InChI is InChI=1S/C27H32FN3O6/c1-16(2)24-25(26(36)29-14-18-6-4-17(3)5-7-18)30-31(20-10-8-19(28)9-11-20)27(24)37-15-22(33)12-21(32)13-23(34)35/h4-11,16,21-22,32-33H,12-15H2,1-3H3,(H,29,36)(H,34,35)/t21-,22+/m1/s1. The van der Waals surface area contributed by atoms with E-state index in [0.29, 0.717) is 11.3 Å². The molecule has 0 saturated carbocycles. The van der Waals surface area contributed by atoms with Crippen molar-refractivity contribution in [2.24, 2.45) is 0 Å². The molecule has 2 atom stereocenters. The Morgan fingerprint density at radius 1 is 1.05 bits per heavy atom. The van der Waals surface area contributed by atoms with Gasteiger partial charge in [0.1, 0.15) is 12.4 Å². The molecule has 0 aliphatic carbocycles. The Kier molecular flexibility index (Phi) is 9.37. The van der Waals surface area contributed by atoms with Crippen molar-refractivity contribution in [3.05, 3.63) is 76.7 Å². The molecule has 1 aromatic heterocycles. The summed E-state index contributed by atoms with van der Waals surface area (Å²) in [6.07, 6.45) is -3.14. The number of aliphatic hydroxyl groups is 2. The van der Waals surface area contributed by atoms with Gasteiger partial charge in [-0.1, -0.05) is 43.7 Å². The summed E-state index contributed by atoms with van der Waals surface area (Å²) in [5.41, 5.74) is 3.08. The third-order valence-corrected chi connectivity index (χ3v) is 5.68. The second-order valence-electron chi connectivity index (χ2n) is 9.23. The summed E-state index contributed by atoms with van der Waals surface area (Å²) in [6, 6.07) is 13.2. The van der Waals surface area contributed by atoms with Crippen molar-refractivity contribution < 1.29 is 34.0 Å². The maximum absolute atomic E-state index is 13.6. The molecule has 3 rings (SSSR count). The number of benzene rings is 2. The van der Waals surface area contributed by atoms with E-state index < -0.39 is 36.3 Å². The van der Waals surface area contributed by atoms with E-state index in [2.05, 4.69) is 10.4 Å². The van der Waals surface area contributed by atoms with E-state index in [1.54, 1.807) is 0 Å². The number of aliphatic carboxylic acids is 1. The second kappa shape index (κ2) is 12.5. The van der Waals surface area contributed by atoms with E-state index in [1.165, 1.54) is 28.9 Å². The molecule has 2 aromatic carbocycles. The van der Waals surface area contributed by atoms with Gasteiger partial charge in [0.15, 0.2) is 5.69 Å². The number of aliphatic hydroxyl groups excluding tert-OH is 2. The predicted octanol–water partition coefficient (Wildman–Crippen LogP) is 3.34. The molecule has 1 heterocycles. The Labute approximate surface area is 214 Å². The molecular weight excluding hydrogens is 481 g/mol. The minimum Gasteiger partial charge on any atom is -0.481 e. The Morgan fingerprint density at radius 3 is 2.30 bits per heavy atom. The van der Waals surface area contributed by atoms with E-state index in [9.17, 15) is 24.2 Å². The zero-order valence-corrected chi connectivity index (χ0v) is 21.0. The van der Waals surface area contributed by atoms with Gasteiger partial charge >= 0.3 is 5.97 Å². The van der Waals surface area contributed by atoms with Crippen LogP contribution in [0.1, 0.15) is 59.8 Å². The topological polar surface area (TPSA) is 134 Å². The van der Waals surface area contributed by atoms with Crippen LogP contribution in [0.2, 0.25) is 0 Å². The van der Waals surface area contributed by atoms with Crippen molar-refractivity contribution in [3.8, 4) is 11.6 Å². The van der Waals surface area contributed by atoms with Crippen molar-refractivity contribution in [3.63, 3.8) is 0 Å². The number of aromatic nitrogens is 2. The van der Waals surface area contributed by atoms with Gasteiger partial charge in [-0.3, -0.25) is 9.59 Å². The Balaban J connectivity index is 1.90. The van der Waals surface area contributed by atoms with Crippen molar-refractivity contribution in [1.29, 1.82) is 0 Å². The number of ether oxygens (including phenoxy) is 1. The molecule has 0 aliphatic heterocycles. The van der Waals surface area contributed by atoms with Gasteiger partial charge in [0.25, 0.3) is 5.91 Å². The number of amides is 1. The number of carboxylic acids is 1. The average molecular weight is 514 g/mol. The number of nitrogens with one attached hydrogen (secondary N) is 1. The quantitative estimate of drug-likeness (QED) is 0.292. The molecule has 9 nitrogen and oxygen atoms in total. The van der Waals surface area contributed by atoms with E-state index in [0.717, 1.165) is 11.1 Å². The number of carbonyl (C=O) groups excluding carboxylic acids is 1. The van der Waals surface area contributed by atoms with Gasteiger partial charge in [0.05, 0.1) is 24.3 Å². The highest BCUT2D eigenvalue weighted by Gasteiger charge is 2.28. The molecule has 0 aliphatic rings. The molecule has 0 bridgehead atoms. The summed E-state index contributed by atoms with van der Waals surface area (Å²) >= 11 is 0. The van der Waals surface area contributed by atoms with E-state index in [1.807, 2.05) is 45.0 Å². The number of nitrogens with zero attached hydrogens (tertiary/aromatic N) is 2. The number of carbonyl (C=O) groups is 2. The number of hydrogen-bond donors (Lipinski definition) is 4. The first-order valence-corrected chi connectivity index (χ1v) is 12.0. The van der Waals surface area contributed by atoms with Crippen LogP contribution in [-0.2, 0) is 11.3 Å². The lowest BCUT2D eigenvalue weighted by Gasteiger charge is -2.17. The molecule has 1 amide bonds. The van der Waals surface area contributed by atoms with Crippen molar-refractivity contribution in [2.45, 2.75) is 58.3 Å². The van der Waals surface area contributed by atoms with Crippen LogP contribution in [0.25, 0.3) is 5.69 Å². The van der Waals surface area contributed by atoms with E-state index in [-0.39, 0.29) is 37.1 Å². The lowest BCUT2D eigenvalue weighted by molar-refractivity contribution is -0.139. The molecule has 0 saturated heterocycles. The third kappa shape index (κ3) is 7.61. The summed E-state index contributed by atoms with van der Waals surface area (Å²) in [5.74, 6) is -2.07. The number of aryl methyl sites for hydroxylation is 1. The number of rotatable bonds is 12. The minimum absolute atomic E-state index is 0.127. The Bertz CT molecular complexity index is 1210. The first-order chi connectivity index (χ1) is 17.5. The SMILES string of the molecule is Cc1ccc(CNC(=O)c2nn(-c3ccc(F)cc3)c(OC[C@@H](O)C[C@@H](O)CC(=O)O)c2C(C)C)cc1. The van der Waals surface area contributed by atoms with Crippen molar-refractivity contribution >= 4 is 11.9 Å². The van der Waals surface area contributed by atoms with Gasteiger partial charge < -0.3 is 25.4 Å². The predicted molar refractivity (Wildman–Crippen MR) is 134 cm³/mol. The molecule has 0 unspecified atom stereocenters. The molecule has 0 spiro atoms. The highest BCUT2D eigenvalue weighted by Crippen LogP contribution is 2.33. The van der Waals surface area contributed by atoms with Crippen LogP contribution in [0.15, 0.2) is 48.5 Å². The number of halogens is 1. The van der Waals surface area contributed by atoms with Crippen LogP contribution in [0.5, 0.6) is 5.88 Å². The zero-order chi connectivity index (χ0) is 27.1. The van der Waals surface area contributed by atoms with E-state index >= 15 is 0 Å². The summed E-state index contributed by atoms with van der Waals surface area (Å²) < 4.78 is 20.9. The maximum atomic E-state index is 13.6. The first-order valence-electron chi connectivity index (χ1n) is 12.0. The van der Waals surface area contributed by atoms with Gasteiger partial charge in [-0.25, -0.2) is 9.07 Å². The molecule has 3 aromatic rings. The highest BCUT2D eigenvalue weighted by atomic mass is 19.1. The summed E-state index contributed by atoms with van der Waals surface area (Å²) in [6.45, 7) is 5.71. The molecular formula is C27H32FN3O6. The Morgan fingerprint density at radius 2 is 1.70 bits per heavy atom. The largest absolute Gasteiger partial charge is 0.481 e. The van der Waals surface area contributed by atoms with Crippen molar-refractivity contribution in [1.82, 2.24) is 15.1 Å². The fourth-order valence-electron chi connectivity index (χ4n) is 3.81. The fourth-order valence-corrected chi connectivity index (χ4v) is 3.81. The van der Waals surface area contributed by atoms with Gasteiger partial charge in [0, 0.05) is 18.5 Å². The number of hydrogen-bond acceptors (Lipinski definition) is 6. The lowest BCUT2D eigenvalue weighted by atomic mass is 10.0. The normalized spacial score (nSPS) is 12.8. The lowest BCUT2D eigenvalue weighted by Crippen LogP contribution is -2.26. The minimum atomic E-state index is -1.24. The summed E-state index contributed by atoms with van der Waals surface area (Å²) in [5, 5.41) is 36.3. The molecule has 0 radical (unpaired) electrons. The first kappa shape index (κ1) is 27.8. The third-order valence-electron chi connectivity index (χ3n) is 5.68. The summed E-state index contributed by atoms with van der Waals surface area (Å²) in [7, 11) is 0. The van der Waals surface area contributed by atoms with Gasteiger partial charge in [-0.2, -0.15) is 5.10 Å². The molecule has 37 heavy (non-hydrogen) atoms.